The molecule has 0 rings (SSSR count). The molecule has 0 spiro atoms. The smallest absolute Gasteiger partial charge is 0.511 e. The van der Waals surface area contributed by atoms with Crippen molar-refractivity contribution in [2.24, 2.45) is 0 Å². The average Bonchev–Trinajstić information content (AvgIpc) is 0.811. The van der Waals surface area contributed by atoms with Crippen molar-refractivity contribution in [3.05, 3.63) is 0 Å². The van der Waals surface area contributed by atoms with E-state index in [-0.39, 0.29) is 21.7 Å². The third-order valence-corrected chi connectivity index (χ3v) is 0. The van der Waals surface area contributed by atoms with Crippen LogP contribution in [0.2, 0.25) is 0 Å². The van der Waals surface area contributed by atoms with Crippen LogP contribution in [-0.4, -0.2) is 18.8 Å². The second kappa shape index (κ2) is 4.33. The maximum atomic E-state index is 8.74. The Morgan fingerprint density at radius 1 is 1.40 bits per heavy atom. The van der Waals surface area contributed by atoms with Gasteiger partial charge in [-0.1, -0.05) is 0 Å². The molecule has 2 N–H and O–H groups in total. The van der Waals surface area contributed by atoms with Gasteiger partial charge >= 0.3 is 9.17 Å². The summed E-state index contributed by atoms with van der Waals surface area (Å²) in [5, 5.41) is 0. The number of rotatable bonds is 0. The first kappa shape index (κ1) is 9.01. The summed E-state index contributed by atoms with van der Waals surface area (Å²) in [6.45, 7) is 0. The zero-order chi connectivity index (χ0) is 3.58. The molecule has 0 bridgehead atoms. The van der Waals surface area contributed by atoms with Crippen molar-refractivity contribution in [1.29, 1.82) is 0 Å². The fraction of sp³-hybridized carbons (Fsp3) is 0. The average molecular weight is 126 g/mol. The summed E-state index contributed by atoms with van der Waals surface area (Å²) in [6, 6.07) is 0. The van der Waals surface area contributed by atoms with Gasteiger partial charge < -0.3 is 9.59 Å². The first-order valence-electron chi connectivity index (χ1n) is 0.651. The van der Waals surface area contributed by atoms with Crippen LogP contribution < -0.4 is 0 Å². The van der Waals surface area contributed by atoms with E-state index in [9.17, 15) is 0 Å². The molecule has 3 nitrogen and oxygen atoms in total. The van der Waals surface area contributed by atoms with Crippen LogP contribution >= 0.6 is 0 Å². The zero-order valence-corrected chi connectivity index (χ0v) is 4.86. The molecule has 0 saturated carbocycles. The van der Waals surface area contributed by atoms with Gasteiger partial charge in [0.15, 0.2) is 0 Å². The van der Waals surface area contributed by atoms with E-state index in [0.717, 1.165) is 0 Å². The molecular formula is H2O3SiTi. The molecule has 0 aliphatic carbocycles. The normalized spacial score (nSPS) is 4.80. The Hall–Kier alpha value is 0.331. The molecule has 28 valence electrons. The second-order valence-corrected chi connectivity index (χ2v) is 0.848. The number of hydrogen-bond donors (Lipinski definition) is 2. The van der Waals surface area contributed by atoms with Crippen LogP contribution in [0.1, 0.15) is 0 Å². The molecule has 0 aromatic rings. The minimum absolute atomic E-state index is 0. The molecule has 0 unspecified atom stereocenters. The standard InChI is InChI=1S/H2O3Si.Ti/c1-4(2)3;/h1-2H;. The molecule has 5 heteroatoms. The van der Waals surface area contributed by atoms with Gasteiger partial charge in [-0.05, 0) is 0 Å². The Labute approximate surface area is 45.4 Å². The van der Waals surface area contributed by atoms with E-state index in [2.05, 4.69) is 0 Å². The summed E-state index contributed by atoms with van der Waals surface area (Å²) in [5.74, 6) is 0. The molecule has 0 amide bonds. The van der Waals surface area contributed by atoms with Crippen LogP contribution in [0.25, 0.3) is 0 Å². The van der Waals surface area contributed by atoms with E-state index in [1.807, 2.05) is 0 Å². The summed E-state index contributed by atoms with van der Waals surface area (Å²) in [6.07, 6.45) is 0. The van der Waals surface area contributed by atoms with Gasteiger partial charge in [0.2, 0.25) is 0 Å². The largest absolute Gasteiger partial charge is 0.761 e. The Morgan fingerprint density at radius 3 is 1.40 bits per heavy atom. The van der Waals surface area contributed by atoms with Crippen LogP contribution in [0.4, 0.5) is 0 Å². The molecule has 0 aromatic heterocycles. The Morgan fingerprint density at radius 2 is 1.40 bits per heavy atom. The van der Waals surface area contributed by atoms with Crippen molar-refractivity contribution in [2.75, 3.05) is 0 Å². The third kappa shape index (κ3) is 215. The summed E-state index contributed by atoms with van der Waals surface area (Å²) >= 11 is 0. The summed E-state index contributed by atoms with van der Waals surface area (Å²) in [7, 11) is -3.13. The van der Waals surface area contributed by atoms with E-state index in [1.165, 1.54) is 0 Å². The monoisotopic (exact) mass is 126 g/mol. The molecular weight excluding hydrogens is 124 g/mol. The van der Waals surface area contributed by atoms with Crippen LogP contribution in [-0.2, 0) is 26.2 Å². The maximum absolute atomic E-state index is 8.74. The van der Waals surface area contributed by atoms with Gasteiger partial charge in [-0.25, -0.2) is 0 Å². The van der Waals surface area contributed by atoms with Crippen LogP contribution in [0.15, 0.2) is 0 Å². The molecule has 0 saturated heterocycles. The molecule has 0 atom stereocenters. The Balaban J connectivity index is 0. The fourth-order valence-electron chi connectivity index (χ4n) is 0. The molecule has 0 aliphatic rings. The summed E-state index contributed by atoms with van der Waals surface area (Å²) in [4.78, 5) is 14.3. The van der Waals surface area contributed by atoms with Crippen molar-refractivity contribution in [3.63, 3.8) is 0 Å². The molecule has 0 radical (unpaired) electrons. The van der Waals surface area contributed by atoms with Gasteiger partial charge in [0.1, 0.15) is 0 Å². The quantitative estimate of drug-likeness (QED) is 0.383. The third-order valence-electron chi connectivity index (χ3n) is 0. The van der Waals surface area contributed by atoms with E-state index in [0.29, 0.717) is 0 Å². The first-order chi connectivity index (χ1) is 1.73. The predicted octanol–water partition coefficient (Wildman–Crippen LogP) is -1.62. The van der Waals surface area contributed by atoms with Crippen LogP contribution in [0, 0.1) is 0 Å². The Bertz CT molecular complexity index is 29.9. The van der Waals surface area contributed by atoms with Crippen molar-refractivity contribution >= 4 is 9.17 Å². The minimum atomic E-state index is -3.13. The van der Waals surface area contributed by atoms with Crippen molar-refractivity contribution < 1.29 is 35.8 Å². The van der Waals surface area contributed by atoms with Gasteiger partial charge in [-0.3, -0.25) is 4.46 Å². The van der Waals surface area contributed by atoms with Gasteiger partial charge in [0.05, 0.1) is 0 Å². The van der Waals surface area contributed by atoms with Gasteiger partial charge in [0, 0.05) is 21.7 Å². The summed E-state index contributed by atoms with van der Waals surface area (Å²) in [5.41, 5.74) is 0. The SMILES string of the molecule is O=[Si](O)O.[Ti]. The van der Waals surface area contributed by atoms with Gasteiger partial charge in [-0.2, -0.15) is 0 Å². The molecule has 5 heavy (non-hydrogen) atoms. The zero-order valence-electron chi connectivity index (χ0n) is 2.30. The fourth-order valence-corrected chi connectivity index (χ4v) is 0. The van der Waals surface area contributed by atoms with Gasteiger partial charge in [0.25, 0.3) is 0 Å². The van der Waals surface area contributed by atoms with E-state index in [1.54, 1.807) is 0 Å². The molecule has 0 aromatic carbocycles. The number of hydrogen-bond acceptors (Lipinski definition) is 1. The molecule has 0 aliphatic heterocycles. The van der Waals surface area contributed by atoms with E-state index < -0.39 is 9.17 Å². The van der Waals surface area contributed by atoms with Crippen molar-refractivity contribution in [3.8, 4) is 0 Å². The predicted molar refractivity (Wildman–Crippen MR) is 10.9 cm³/mol. The van der Waals surface area contributed by atoms with Crippen molar-refractivity contribution in [1.82, 2.24) is 0 Å². The first-order valence-corrected chi connectivity index (χ1v) is 1.95. The minimum Gasteiger partial charge on any atom is -0.511 e. The second-order valence-electron chi connectivity index (χ2n) is 0.283. The van der Waals surface area contributed by atoms with Crippen LogP contribution in [0.3, 0.4) is 0 Å². The van der Waals surface area contributed by atoms with E-state index >= 15 is 0 Å². The summed E-state index contributed by atoms with van der Waals surface area (Å²) < 4.78 is 8.74. The topological polar surface area (TPSA) is 57.5 Å². The Kier molecular flexibility index (Phi) is 7.81. The van der Waals surface area contributed by atoms with Crippen LogP contribution in [0.5, 0.6) is 0 Å². The van der Waals surface area contributed by atoms with E-state index in [4.69, 9.17) is 14.1 Å². The van der Waals surface area contributed by atoms with Gasteiger partial charge in [-0.15, -0.1) is 0 Å². The molecule has 0 heterocycles. The maximum Gasteiger partial charge on any atom is 0.761 e. The van der Waals surface area contributed by atoms with Crippen molar-refractivity contribution in [2.45, 2.75) is 0 Å². The molecule has 0 fully saturated rings.